The standard InChI is InChI=1S/C15H12FNO4/c1-8-10(15(20)21)3-2-4-12(8)17-14(19)11-7-9(16)5-6-13(11)18/h2-7,18H,1H3,(H,17,19)(H,20,21). The highest BCUT2D eigenvalue weighted by Crippen LogP contribution is 2.23. The number of phenolic OH excluding ortho intramolecular Hbond substituents is 1. The summed E-state index contributed by atoms with van der Waals surface area (Å²) in [5.41, 5.74) is 0.476. The van der Waals surface area contributed by atoms with Gasteiger partial charge in [-0.25, -0.2) is 9.18 Å². The highest BCUT2D eigenvalue weighted by atomic mass is 19.1. The molecule has 2 aromatic rings. The van der Waals surface area contributed by atoms with Gasteiger partial charge in [-0.3, -0.25) is 4.79 Å². The van der Waals surface area contributed by atoms with Gasteiger partial charge in [0.1, 0.15) is 11.6 Å². The van der Waals surface area contributed by atoms with E-state index >= 15 is 0 Å². The predicted octanol–water partition coefficient (Wildman–Crippen LogP) is 2.79. The van der Waals surface area contributed by atoms with E-state index in [0.29, 0.717) is 5.56 Å². The molecule has 0 atom stereocenters. The largest absolute Gasteiger partial charge is 0.507 e. The number of phenols is 1. The molecule has 6 heteroatoms. The molecule has 0 aliphatic carbocycles. The van der Waals surface area contributed by atoms with Crippen molar-refractivity contribution in [1.82, 2.24) is 0 Å². The van der Waals surface area contributed by atoms with Gasteiger partial charge in [0.15, 0.2) is 0 Å². The fourth-order valence-electron chi connectivity index (χ4n) is 1.88. The number of carboxylic acids is 1. The van der Waals surface area contributed by atoms with Crippen LogP contribution in [-0.4, -0.2) is 22.1 Å². The van der Waals surface area contributed by atoms with Crippen LogP contribution >= 0.6 is 0 Å². The summed E-state index contributed by atoms with van der Waals surface area (Å²) < 4.78 is 13.1. The zero-order valence-electron chi connectivity index (χ0n) is 11.1. The van der Waals surface area contributed by atoms with Crippen molar-refractivity contribution in [2.75, 3.05) is 5.32 Å². The zero-order chi connectivity index (χ0) is 15.6. The van der Waals surface area contributed by atoms with E-state index in [0.717, 1.165) is 18.2 Å². The van der Waals surface area contributed by atoms with E-state index in [1.807, 2.05) is 0 Å². The number of rotatable bonds is 3. The minimum atomic E-state index is -1.11. The minimum Gasteiger partial charge on any atom is -0.507 e. The summed E-state index contributed by atoms with van der Waals surface area (Å²) in [6, 6.07) is 7.43. The normalized spacial score (nSPS) is 10.2. The first-order valence-corrected chi connectivity index (χ1v) is 6.03. The van der Waals surface area contributed by atoms with Crippen molar-refractivity contribution >= 4 is 17.6 Å². The van der Waals surface area contributed by atoms with E-state index in [9.17, 15) is 19.1 Å². The number of aromatic hydroxyl groups is 1. The van der Waals surface area contributed by atoms with Crippen molar-refractivity contribution in [3.63, 3.8) is 0 Å². The van der Waals surface area contributed by atoms with Gasteiger partial charge in [0, 0.05) is 5.69 Å². The van der Waals surface area contributed by atoms with Crippen molar-refractivity contribution in [3.8, 4) is 5.75 Å². The Kier molecular flexibility index (Phi) is 3.89. The van der Waals surface area contributed by atoms with Crippen LogP contribution in [0.5, 0.6) is 5.75 Å². The van der Waals surface area contributed by atoms with E-state index in [4.69, 9.17) is 5.11 Å². The fraction of sp³-hybridized carbons (Fsp3) is 0.0667. The molecule has 0 aromatic heterocycles. The fourth-order valence-corrected chi connectivity index (χ4v) is 1.88. The van der Waals surface area contributed by atoms with Crippen LogP contribution in [0.15, 0.2) is 36.4 Å². The van der Waals surface area contributed by atoms with Gasteiger partial charge in [-0.15, -0.1) is 0 Å². The lowest BCUT2D eigenvalue weighted by Gasteiger charge is -2.11. The van der Waals surface area contributed by atoms with Crippen LogP contribution in [0.4, 0.5) is 10.1 Å². The van der Waals surface area contributed by atoms with E-state index in [1.54, 1.807) is 6.92 Å². The second kappa shape index (κ2) is 5.62. The Balaban J connectivity index is 2.34. The summed E-state index contributed by atoms with van der Waals surface area (Å²) >= 11 is 0. The van der Waals surface area contributed by atoms with Gasteiger partial charge < -0.3 is 15.5 Å². The van der Waals surface area contributed by atoms with Gasteiger partial charge in [-0.2, -0.15) is 0 Å². The molecule has 3 N–H and O–H groups in total. The summed E-state index contributed by atoms with van der Waals surface area (Å²) in [4.78, 5) is 23.1. The summed E-state index contributed by atoms with van der Waals surface area (Å²) in [6.07, 6.45) is 0. The van der Waals surface area contributed by atoms with E-state index in [1.165, 1.54) is 18.2 Å². The molecule has 0 aliphatic rings. The van der Waals surface area contributed by atoms with Gasteiger partial charge >= 0.3 is 5.97 Å². The first-order valence-electron chi connectivity index (χ1n) is 6.03. The van der Waals surface area contributed by atoms with Crippen molar-refractivity contribution in [2.45, 2.75) is 6.92 Å². The van der Waals surface area contributed by atoms with Crippen LogP contribution in [-0.2, 0) is 0 Å². The van der Waals surface area contributed by atoms with Crippen LogP contribution in [0.2, 0.25) is 0 Å². The third-order valence-electron chi connectivity index (χ3n) is 3.02. The molecular weight excluding hydrogens is 277 g/mol. The van der Waals surface area contributed by atoms with E-state index in [2.05, 4.69) is 5.32 Å². The van der Waals surface area contributed by atoms with Crippen molar-refractivity contribution < 1.29 is 24.2 Å². The average Bonchev–Trinajstić information content (AvgIpc) is 2.43. The molecule has 0 spiro atoms. The molecule has 0 heterocycles. The van der Waals surface area contributed by atoms with Crippen molar-refractivity contribution in [1.29, 1.82) is 0 Å². The Morgan fingerprint density at radius 2 is 1.86 bits per heavy atom. The number of carbonyl (C=O) groups is 2. The third kappa shape index (κ3) is 3.00. The van der Waals surface area contributed by atoms with Gasteiger partial charge in [0.05, 0.1) is 11.1 Å². The van der Waals surface area contributed by atoms with E-state index < -0.39 is 17.7 Å². The average molecular weight is 289 g/mol. The maximum Gasteiger partial charge on any atom is 0.336 e. The molecule has 108 valence electrons. The lowest BCUT2D eigenvalue weighted by atomic mass is 10.1. The number of amides is 1. The maximum absolute atomic E-state index is 13.1. The molecule has 0 radical (unpaired) electrons. The third-order valence-corrected chi connectivity index (χ3v) is 3.02. The van der Waals surface area contributed by atoms with Crippen molar-refractivity contribution in [3.05, 3.63) is 58.9 Å². The first-order chi connectivity index (χ1) is 9.90. The minimum absolute atomic E-state index is 0.0521. The number of hydrogen-bond acceptors (Lipinski definition) is 3. The topological polar surface area (TPSA) is 86.6 Å². The molecule has 2 aromatic carbocycles. The smallest absolute Gasteiger partial charge is 0.336 e. The second-order valence-corrected chi connectivity index (χ2v) is 4.40. The Bertz CT molecular complexity index is 728. The van der Waals surface area contributed by atoms with E-state index in [-0.39, 0.29) is 22.6 Å². The first kappa shape index (κ1) is 14.5. The summed E-state index contributed by atoms with van der Waals surface area (Å²) in [5.74, 6) is -2.86. The highest BCUT2D eigenvalue weighted by molar-refractivity contribution is 6.07. The van der Waals surface area contributed by atoms with Crippen LogP contribution < -0.4 is 5.32 Å². The predicted molar refractivity (Wildman–Crippen MR) is 74.2 cm³/mol. The number of nitrogens with one attached hydrogen (secondary N) is 1. The van der Waals surface area contributed by atoms with Crippen LogP contribution in [0.1, 0.15) is 26.3 Å². The molecule has 0 fully saturated rings. The lowest BCUT2D eigenvalue weighted by molar-refractivity contribution is 0.0695. The van der Waals surface area contributed by atoms with Gasteiger partial charge in [-0.1, -0.05) is 6.07 Å². The molecule has 2 rings (SSSR count). The second-order valence-electron chi connectivity index (χ2n) is 4.40. The maximum atomic E-state index is 13.1. The number of hydrogen-bond donors (Lipinski definition) is 3. The zero-order valence-corrected chi connectivity index (χ0v) is 11.1. The summed E-state index contributed by atoms with van der Waals surface area (Å²) in [7, 11) is 0. The number of aromatic carboxylic acids is 1. The Morgan fingerprint density at radius 1 is 1.14 bits per heavy atom. The lowest BCUT2D eigenvalue weighted by Crippen LogP contribution is -2.14. The molecule has 0 bridgehead atoms. The molecule has 0 saturated carbocycles. The van der Waals surface area contributed by atoms with Gasteiger partial charge in [0.2, 0.25) is 0 Å². The Labute approximate surface area is 119 Å². The van der Waals surface area contributed by atoms with Crippen LogP contribution in [0, 0.1) is 12.7 Å². The number of carbonyl (C=O) groups excluding carboxylic acids is 1. The Hall–Kier alpha value is -2.89. The van der Waals surface area contributed by atoms with Crippen LogP contribution in [0.3, 0.4) is 0 Å². The molecule has 21 heavy (non-hydrogen) atoms. The number of benzene rings is 2. The monoisotopic (exact) mass is 289 g/mol. The molecule has 1 amide bonds. The van der Waals surface area contributed by atoms with Gasteiger partial charge in [0.25, 0.3) is 5.91 Å². The quantitative estimate of drug-likeness (QED) is 0.811. The van der Waals surface area contributed by atoms with Crippen LogP contribution in [0.25, 0.3) is 0 Å². The SMILES string of the molecule is Cc1c(NC(=O)c2cc(F)ccc2O)cccc1C(=O)O. The molecule has 0 saturated heterocycles. The highest BCUT2D eigenvalue weighted by Gasteiger charge is 2.15. The summed E-state index contributed by atoms with van der Waals surface area (Å²) in [5, 5.41) is 21.1. The molecular formula is C15H12FNO4. The Morgan fingerprint density at radius 3 is 2.52 bits per heavy atom. The number of anilines is 1. The number of carboxylic acid groups (broad SMARTS) is 1. The molecule has 0 unspecified atom stereocenters. The van der Waals surface area contributed by atoms with Crippen molar-refractivity contribution in [2.24, 2.45) is 0 Å². The molecule has 0 aliphatic heterocycles. The van der Waals surface area contributed by atoms with Gasteiger partial charge in [-0.05, 0) is 42.8 Å². The summed E-state index contributed by atoms with van der Waals surface area (Å²) in [6.45, 7) is 1.55. The molecule has 5 nitrogen and oxygen atoms in total. The number of halogens is 1.